The molecule has 0 saturated heterocycles. The van der Waals surface area contributed by atoms with Crippen molar-refractivity contribution in [2.45, 2.75) is 12.8 Å². The van der Waals surface area contributed by atoms with Gasteiger partial charge < -0.3 is 4.89 Å². The van der Waals surface area contributed by atoms with Gasteiger partial charge >= 0.3 is 0 Å². The Kier molecular flexibility index (Phi) is 5.24. The second-order valence-corrected chi connectivity index (χ2v) is 9.39. The molecule has 0 heterocycles. The van der Waals surface area contributed by atoms with E-state index in [0.29, 0.717) is 10.6 Å². The van der Waals surface area contributed by atoms with Crippen LogP contribution in [0.5, 0.6) is 0 Å². The molecule has 4 aromatic carbocycles. The average molecular weight is 398 g/mol. The van der Waals surface area contributed by atoms with Crippen LogP contribution in [0.2, 0.25) is 0 Å². The van der Waals surface area contributed by atoms with Crippen LogP contribution in [-0.4, -0.2) is 4.89 Å². The van der Waals surface area contributed by atoms with Gasteiger partial charge in [-0.25, -0.2) is 0 Å². The van der Waals surface area contributed by atoms with Crippen molar-refractivity contribution in [2.75, 3.05) is 0 Å². The van der Waals surface area contributed by atoms with Gasteiger partial charge in [-0.15, -0.1) is 13.2 Å². The van der Waals surface area contributed by atoms with Gasteiger partial charge in [0.05, 0.1) is 0 Å². The van der Waals surface area contributed by atoms with E-state index in [-0.39, 0.29) is 0 Å². The lowest BCUT2D eigenvalue weighted by Crippen LogP contribution is -2.15. The first-order chi connectivity index (χ1) is 14.0. The number of benzene rings is 4. The lowest BCUT2D eigenvalue weighted by atomic mass is 10.0. The molecular weight excluding hydrogens is 375 g/mol. The molecule has 0 bridgehead atoms. The maximum Gasteiger partial charge on any atom is 0.258 e. The molecule has 0 radical (unpaired) electrons. The minimum atomic E-state index is -3.74. The normalized spacial score (nSPS) is 11.6. The van der Waals surface area contributed by atoms with Gasteiger partial charge in [-0.1, -0.05) is 60.7 Å². The van der Waals surface area contributed by atoms with Gasteiger partial charge in [-0.2, -0.15) is 0 Å². The fourth-order valence-electron chi connectivity index (χ4n) is 3.84. The Morgan fingerprint density at radius 2 is 1.17 bits per heavy atom. The number of rotatable bonds is 6. The van der Waals surface area contributed by atoms with Crippen LogP contribution in [0.4, 0.5) is 0 Å². The molecule has 0 fully saturated rings. The van der Waals surface area contributed by atoms with Crippen molar-refractivity contribution in [1.82, 2.24) is 0 Å². The molecule has 0 aromatic heterocycles. The van der Waals surface area contributed by atoms with Gasteiger partial charge in [0.15, 0.2) is 0 Å². The summed E-state index contributed by atoms with van der Waals surface area (Å²) in [4.78, 5) is 11.1. The number of allylic oxidation sites excluding steroid dienone is 2. The fraction of sp³-hybridized carbons (Fsp3) is 0.0769. The van der Waals surface area contributed by atoms with Gasteiger partial charge in [-0.05, 0) is 69.8 Å². The average Bonchev–Trinajstić information content (AvgIpc) is 2.74. The zero-order chi connectivity index (χ0) is 20.4. The summed E-state index contributed by atoms with van der Waals surface area (Å²) in [5, 5.41) is 4.99. The molecule has 0 aliphatic carbocycles. The summed E-state index contributed by atoms with van der Waals surface area (Å²) in [6, 6.07) is 23.2. The van der Waals surface area contributed by atoms with E-state index in [9.17, 15) is 9.46 Å². The molecule has 144 valence electrons. The van der Waals surface area contributed by atoms with E-state index in [1.807, 2.05) is 72.8 Å². The third kappa shape index (κ3) is 3.58. The molecular formula is C26H23O2P. The molecule has 4 rings (SSSR count). The summed E-state index contributed by atoms with van der Waals surface area (Å²) in [6.45, 7) is 7.65. The summed E-state index contributed by atoms with van der Waals surface area (Å²) in [7, 11) is -3.74. The topological polar surface area (TPSA) is 37.3 Å². The van der Waals surface area contributed by atoms with Crippen molar-refractivity contribution in [3.05, 3.63) is 109 Å². The first-order valence-electron chi connectivity index (χ1n) is 9.63. The van der Waals surface area contributed by atoms with Crippen LogP contribution in [0.3, 0.4) is 0 Å². The van der Waals surface area contributed by atoms with Crippen molar-refractivity contribution in [3.8, 4) is 0 Å². The summed E-state index contributed by atoms with van der Waals surface area (Å²) >= 11 is 0. The monoisotopic (exact) mass is 398 g/mol. The molecule has 0 atom stereocenters. The molecule has 0 unspecified atom stereocenters. The second-order valence-electron chi connectivity index (χ2n) is 7.21. The third-order valence-corrected chi connectivity index (χ3v) is 7.30. The first-order valence-corrected chi connectivity index (χ1v) is 11.3. The smallest absolute Gasteiger partial charge is 0.258 e. The van der Waals surface area contributed by atoms with E-state index < -0.39 is 7.37 Å². The number of hydrogen-bond donors (Lipinski definition) is 1. The first kappa shape index (κ1) is 19.4. The zero-order valence-corrected chi connectivity index (χ0v) is 17.1. The van der Waals surface area contributed by atoms with E-state index in [4.69, 9.17) is 0 Å². The summed E-state index contributed by atoms with van der Waals surface area (Å²) in [5.41, 5.74) is 2.21. The summed E-state index contributed by atoms with van der Waals surface area (Å²) in [6.07, 6.45) is 5.14. The fourth-order valence-corrected chi connectivity index (χ4v) is 5.30. The Bertz CT molecular complexity index is 1190. The maximum atomic E-state index is 13.6. The van der Waals surface area contributed by atoms with Crippen LogP contribution in [0.15, 0.2) is 98.1 Å². The van der Waals surface area contributed by atoms with E-state index >= 15 is 0 Å². The van der Waals surface area contributed by atoms with E-state index in [1.165, 1.54) is 0 Å². The molecule has 4 aromatic rings. The highest BCUT2D eigenvalue weighted by molar-refractivity contribution is 7.73. The Balaban J connectivity index is 1.87. The SMILES string of the molecule is C=CCc1cccc2ccc(P(=O)(O)c3ccc4cccc(CC=C)c4c3)cc12. The van der Waals surface area contributed by atoms with Crippen LogP contribution in [0, 0.1) is 0 Å². The van der Waals surface area contributed by atoms with Crippen LogP contribution in [0.1, 0.15) is 11.1 Å². The molecule has 0 saturated carbocycles. The minimum Gasteiger partial charge on any atom is -0.338 e. The van der Waals surface area contributed by atoms with Crippen LogP contribution in [0.25, 0.3) is 21.5 Å². The lowest BCUT2D eigenvalue weighted by molar-refractivity contribution is 0.501. The Labute approximate surface area is 171 Å². The highest BCUT2D eigenvalue weighted by Gasteiger charge is 2.25. The predicted molar refractivity (Wildman–Crippen MR) is 125 cm³/mol. The standard InChI is InChI=1S/C26H23O2P/c1-3-7-19-9-5-11-21-13-15-23(17-25(19)21)29(27,28)24-16-14-22-12-6-10-20(8-4-2)26(22)18-24/h3-6,9-18H,1-2,7-8H2,(H,27,28). The second kappa shape index (κ2) is 7.83. The molecule has 0 amide bonds. The molecule has 1 N–H and O–H groups in total. The molecule has 3 heteroatoms. The van der Waals surface area contributed by atoms with Crippen molar-refractivity contribution < 1.29 is 9.46 Å². The Morgan fingerprint density at radius 3 is 1.59 bits per heavy atom. The minimum absolute atomic E-state index is 0.446. The third-order valence-electron chi connectivity index (χ3n) is 5.34. The highest BCUT2D eigenvalue weighted by atomic mass is 31.2. The zero-order valence-electron chi connectivity index (χ0n) is 16.2. The molecule has 0 aliphatic rings. The highest BCUT2D eigenvalue weighted by Crippen LogP contribution is 2.40. The lowest BCUT2D eigenvalue weighted by Gasteiger charge is -2.15. The van der Waals surface area contributed by atoms with Gasteiger partial charge in [0.2, 0.25) is 0 Å². The molecule has 29 heavy (non-hydrogen) atoms. The van der Waals surface area contributed by atoms with Crippen LogP contribution < -0.4 is 10.6 Å². The largest absolute Gasteiger partial charge is 0.338 e. The van der Waals surface area contributed by atoms with Crippen molar-refractivity contribution in [3.63, 3.8) is 0 Å². The van der Waals surface area contributed by atoms with Crippen molar-refractivity contribution in [2.24, 2.45) is 0 Å². The van der Waals surface area contributed by atoms with Gasteiger partial charge in [0.25, 0.3) is 7.37 Å². The van der Waals surface area contributed by atoms with Crippen LogP contribution >= 0.6 is 7.37 Å². The van der Waals surface area contributed by atoms with Gasteiger partial charge in [0.1, 0.15) is 0 Å². The predicted octanol–water partition coefficient (Wildman–Crippen LogP) is 5.67. The summed E-state index contributed by atoms with van der Waals surface area (Å²) < 4.78 is 13.6. The molecule has 0 aliphatic heterocycles. The van der Waals surface area contributed by atoms with Crippen molar-refractivity contribution >= 4 is 39.5 Å². The van der Waals surface area contributed by atoms with E-state index in [2.05, 4.69) is 13.2 Å². The number of hydrogen-bond acceptors (Lipinski definition) is 1. The molecule has 0 spiro atoms. The quantitative estimate of drug-likeness (QED) is 0.336. The van der Waals surface area contributed by atoms with E-state index in [1.54, 1.807) is 12.1 Å². The Hall–Kier alpha value is -2.93. The van der Waals surface area contributed by atoms with Gasteiger partial charge in [-0.3, -0.25) is 4.57 Å². The van der Waals surface area contributed by atoms with Gasteiger partial charge in [0, 0.05) is 10.6 Å². The summed E-state index contributed by atoms with van der Waals surface area (Å²) in [5.74, 6) is 0. The van der Waals surface area contributed by atoms with Crippen LogP contribution in [-0.2, 0) is 17.4 Å². The van der Waals surface area contributed by atoms with E-state index in [0.717, 1.165) is 45.5 Å². The maximum absolute atomic E-state index is 13.6. The van der Waals surface area contributed by atoms with Crippen molar-refractivity contribution in [1.29, 1.82) is 0 Å². The molecule has 2 nitrogen and oxygen atoms in total. The Morgan fingerprint density at radius 1 is 0.724 bits per heavy atom. The number of fused-ring (bicyclic) bond motifs is 2.